The lowest BCUT2D eigenvalue weighted by Gasteiger charge is -2.21. The van der Waals surface area contributed by atoms with E-state index in [0.29, 0.717) is 17.8 Å². The molecule has 18 heavy (non-hydrogen) atoms. The number of hydrogen-bond donors (Lipinski definition) is 0. The molecule has 0 aliphatic rings. The van der Waals surface area contributed by atoms with E-state index in [0.717, 1.165) is 6.42 Å². The molecule has 0 spiro atoms. The van der Waals surface area contributed by atoms with E-state index in [1.54, 1.807) is 5.56 Å². The molecule has 0 saturated carbocycles. The number of hydrogen-bond acceptors (Lipinski definition) is 1. The molecule has 0 saturated heterocycles. The molecule has 1 aromatic rings. The lowest BCUT2D eigenvalue weighted by atomic mass is 9.86. The normalized spacial score (nSPS) is 11.9. The van der Waals surface area contributed by atoms with Crippen LogP contribution in [0.2, 0.25) is 0 Å². The summed E-state index contributed by atoms with van der Waals surface area (Å²) in [5.74, 6) is 1.97. The van der Waals surface area contributed by atoms with E-state index in [1.807, 2.05) is 0 Å². The summed E-state index contributed by atoms with van der Waals surface area (Å²) >= 11 is 0. The topological polar surface area (TPSA) is 12.9 Å². The van der Waals surface area contributed by atoms with Crippen LogP contribution in [0, 0.1) is 18.8 Å². The smallest absolute Gasteiger partial charge is 0.0410 e. The molecule has 1 heteroatoms. The number of aromatic nitrogens is 1. The molecule has 0 fully saturated rings. The fourth-order valence-corrected chi connectivity index (χ4v) is 2.74. The zero-order valence-corrected chi connectivity index (χ0v) is 13.2. The van der Waals surface area contributed by atoms with Gasteiger partial charge in [0.15, 0.2) is 0 Å². The van der Waals surface area contributed by atoms with Gasteiger partial charge in [-0.05, 0) is 54.2 Å². The molecule has 0 unspecified atom stereocenters. The predicted octanol–water partition coefficient (Wildman–Crippen LogP) is 4.91. The van der Waals surface area contributed by atoms with Gasteiger partial charge in [0.25, 0.3) is 0 Å². The molecule has 0 bridgehead atoms. The maximum atomic E-state index is 4.62. The van der Waals surface area contributed by atoms with Crippen molar-refractivity contribution in [3.63, 3.8) is 0 Å². The SMILES string of the molecule is Cc1ncc(CC(C)C)c(CC(C)C)c1C(C)C. The number of aryl methyl sites for hydroxylation is 1. The Kier molecular flexibility index (Phi) is 5.37. The molecule has 0 amide bonds. The van der Waals surface area contributed by atoms with Gasteiger partial charge in [0.1, 0.15) is 0 Å². The van der Waals surface area contributed by atoms with E-state index in [1.165, 1.54) is 23.2 Å². The number of pyridine rings is 1. The van der Waals surface area contributed by atoms with Crippen molar-refractivity contribution < 1.29 is 0 Å². The Morgan fingerprint density at radius 2 is 1.50 bits per heavy atom. The quantitative estimate of drug-likeness (QED) is 0.720. The van der Waals surface area contributed by atoms with Gasteiger partial charge < -0.3 is 0 Å². The molecule has 0 radical (unpaired) electrons. The van der Waals surface area contributed by atoms with Crippen molar-refractivity contribution in [2.24, 2.45) is 11.8 Å². The minimum atomic E-state index is 0.568. The minimum Gasteiger partial charge on any atom is -0.261 e. The number of nitrogens with zero attached hydrogens (tertiary/aromatic N) is 1. The Morgan fingerprint density at radius 1 is 0.944 bits per heavy atom. The summed E-state index contributed by atoms with van der Waals surface area (Å²) in [4.78, 5) is 4.62. The first kappa shape index (κ1) is 15.2. The van der Waals surface area contributed by atoms with Crippen molar-refractivity contribution in [3.8, 4) is 0 Å². The Balaban J connectivity index is 3.29. The molecule has 1 rings (SSSR count). The van der Waals surface area contributed by atoms with E-state index in [2.05, 4.69) is 59.6 Å². The summed E-state index contributed by atoms with van der Waals surface area (Å²) in [6.07, 6.45) is 4.44. The molecular formula is C17H29N. The summed E-state index contributed by atoms with van der Waals surface area (Å²) in [7, 11) is 0. The van der Waals surface area contributed by atoms with E-state index in [9.17, 15) is 0 Å². The van der Waals surface area contributed by atoms with Gasteiger partial charge in [-0.1, -0.05) is 41.5 Å². The standard InChI is InChI=1S/C17H29N/c1-11(2)8-15-10-18-14(7)17(13(5)6)16(15)9-12(3)4/h10-13H,8-9H2,1-7H3. The van der Waals surface area contributed by atoms with Crippen LogP contribution in [-0.4, -0.2) is 4.98 Å². The first-order valence-corrected chi connectivity index (χ1v) is 7.30. The van der Waals surface area contributed by atoms with Gasteiger partial charge in [0, 0.05) is 11.9 Å². The molecule has 0 aliphatic heterocycles. The zero-order chi connectivity index (χ0) is 13.9. The third-order valence-electron chi connectivity index (χ3n) is 3.33. The average Bonchev–Trinajstić information content (AvgIpc) is 2.20. The third-order valence-corrected chi connectivity index (χ3v) is 3.33. The first-order valence-electron chi connectivity index (χ1n) is 7.30. The fraction of sp³-hybridized carbons (Fsp3) is 0.706. The van der Waals surface area contributed by atoms with Gasteiger partial charge in [-0.15, -0.1) is 0 Å². The van der Waals surface area contributed by atoms with Crippen molar-refractivity contribution in [1.29, 1.82) is 0 Å². The van der Waals surface area contributed by atoms with Crippen LogP contribution >= 0.6 is 0 Å². The van der Waals surface area contributed by atoms with Crippen LogP contribution in [0.25, 0.3) is 0 Å². The van der Waals surface area contributed by atoms with Crippen LogP contribution in [0.5, 0.6) is 0 Å². The van der Waals surface area contributed by atoms with Crippen LogP contribution in [0.4, 0.5) is 0 Å². The molecule has 1 nitrogen and oxygen atoms in total. The largest absolute Gasteiger partial charge is 0.261 e. The zero-order valence-electron chi connectivity index (χ0n) is 13.2. The highest BCUT2D eigenvalue weighted by molar-refractivity contribution is 5.39. The fourth-order valence-electron chi connectivity index (χ4n) is 2.74. The second-order valence-electron chi connectivity index (χ2n) is 6.61. The summed E-state index contributed by atoms with van der Waals surface area (Å²) in [6, 6.07) is 0. The Hall–Kier alpha value is -0.850. The van der Waals surface area contributed by atoms with Crippen molar-refractivity contribution in [2.75, 3.05) is 0 Å². The highest BCUT2D eigenvalue weighted by atomic mass is 14.7. The Bertz CT molecular complexity index is 389. The first-order chi connectivity index (χ1) is 8.32. The van der Waals surface area contributed by atoms with Gasteiger partial charge >= 0.3 is 0 Å². The van der Waals surface area contributed by atoms with Crippen LogP contribution in [-0.2, 0) is 12.8 Å². The second-order valence-corrected chi connectivity index (χ2v) is 6.61. The third kappa shape index (κ3) is 3.83. The summed E-state index contributed by atoms with van der Waals surface area (Å²) in [6.45, 7) is 15.9. The predicted molar refractivity (Wildman–Crippen MR) is 80.1 cm³/mol. The van der Waals surface area contributed by atoms with Crippen LogP contribution < -0.4 is 0 Å². The van der Waals surface area contributed by atoms with Crippen molar-refractivity contribution in [2.45, 2.75) is 67.2 Å². The average molecular weight is 247 g/mol. The molecule has 1 heterocycles. The van der Waals surface area contributed by atoms with Crippen LogP contribution in [0.15, 0.2) is 6.20 Å². The minimum absolute atomic E-state index is 0.568. The maximum Gasteiger partial charge on any atom is 0.0410 e. The maximum absolute atomic E-state index is 4.62. The lowest BCUT2D eigenvalue weighted by Crippen LogP contribution is -2.11. The molecule has 0 aromatic carbocycles. The van der Waals surface area contributed by atoms with E-state index in [4.69, 9.17) is 0 Å². The van der Waals surface area contributed by atoms with E-state index < -0.39 is 0 Å². The molecular weight excluding hydrogens is 218 g/mol. The van der Waals surface area contributed by atoms with Crippen LogP contribution in [0.3, 0.4) is 0 Å². The highest BCUT2D eigenvalue weighted by Gasteiger charge is 2.16. The summed E-state index contributed by atoms with van der Waals surface area (Å²) < 4.78 is 0. The van der Waals surface area contributed by atoms with E-state index in [-0.39, 0.29) is 0 Å². The molecule has 0 N–H and O–H groups in total. The van der Waals surface area contributed by atoms with Crippen molar-refractivity contribution >= 4 is 0 Å². The van der Waals surface area contributed by atoms with Crippen LogP contribution in [0.1, 0.15) is 69.8 Å². The van der Waals surface area contributed by atoms with E-state index >= 15 is 0 Å². The Morgan fingerprint density at radius 3 is 1.94 bits per heavy atom. The van der Waals surface area contributed by atoms with Gasteiger partial charge in [-0.2, -0.15) is 0 Å². The van der Waals surface area contributed by atoms with Crippen molar-refractivity contribution in [3.05, 3.63) is 28.6 Å². The summed E-state index contributed by atoms with van der Waals surface area (Å²) in [5, 5.41) is 0. The van der Waals surface area contributed by atoms with Crippen molar-refractivity contribution in [1.82, 2.24) is 4.98 Å². The lowest BCUT2D eigenvalue weighted by molar-refractivity contribution is 0.604. The van der Waals surface area contributed by atoms with Gasteiger partial charge in [0.05, 0.1) is 0 Å². The second kappa shape index (κ2) is 6.36. The molecule has 102 valence electrons. The van der Waals surface area contributed by atoms with Gasteiger partial charge in [0.2, 0.25) is 0 Å². The molecule has 0 aliphatic carbocycles. The Labute approximate surface area is 113 Å². The molecule has 0 atom stereocenters. The van der Waals surface area contributed by atoms with Gasteiger partial charge in [-0.25, -0.2) is 0 Å². The van der Waals surface area contributed by atoms with Gasteiger partial charge in [-0.3, -0.25) is 4.98 Å². The number of rotatable bonds is 5. The highest BCUT2D eigenvalue weighted by Crippen LogP contribution is 2.28. The summed E-state index contributed by atoms with van der Waals surface area (Å²) in [5.41, 5.74) is 5.74. The monoisotopic (exact) mass is 247 g/mol. The molecule has 1 aromatic heterocycles.